The lowest BCUT2D eigenvalue weighted by atomic mass is 9.65. The first-order valence-electron chi connectivity index (χ1n) is 11.6. The van der Waals surface area contributed by atoms with Crippen molar-refractivity contribution in [2.24, 2.45) is 23.7 Å². The molecule has 2 N–H and O–H groups in total. The number of imide groups is 1. The molecule has 0 aromatic heterocycles. The third-order valence-corrected chi connectivity index (χ3v) is 7.73. The number of benzene rings is 2. The van der Waals surface area contributed by atoms with Crippen LogP contribution in [0.25, 0.3) is 0 Å². The Morgan fingerprint density at radius 1 is 0.947 bits per heavy atom. The number of nitrogens with zero attached hydrogens (tertiary/aromatic N) is 1. The summed E-state index contributed by atoms with van der Waals surface area (Å²) in [7, 11) is 0. The first-order chi connectivity index (χ1) is 17.5. The number of halogens is 7. The predicted molar refractivity (Wildman–Crippen MR) is 115 cm³/mol. The molecular weight excluding hydrogens is 527 g/mol. The molecule has 3 fully saturated rings. The molecule has 5 rings (SSSR count). The third kappa shape index (κ3) is 4.03. The van der Waals surface area contributed by atoms with Crippen molar-refractivity contribution in [3.8, 4) is 5.75 Å². The molecular formula is C25H20F7NO5. The summed E-state index contributed by atoms with van der Waals surface area (Å²) < 4.78 is 100. The molecule has 2 heterocycles. The Bertz CT molecular complexity index is 1290. The molecule has 0 unspecified atom stereocenters. The number of anilines is 1. The van der Waals surface area contributed by atoms with Gasteiger partial charge in [-0.25, -0.2) is 4.39 Å². The van der Waals surface area contributed by atoms with Crippen molar-refractivity contribution in [3.63, 3.8) is 0 Å². The van der Waals surface area contributed by atoms with Crippen LogP contribution in [-0.2, 0) is 26.7 Å². The van der Waals surface area contributed by atoms with Crippen molar-refractivity contribution in [1.82, 2.24) is 0 Å². The number of hydrogen-bond donors (Lipinski definition) is 2. The van der Waals surface area contributed by atoms with Gasteiger partial charge in [-0.1, -0.05) is 13.0 Å². The minimum atomic E-state index is -5.19. The summed E-state index contributed by atoms with van der Waals surface area (Å²) in [6.45, 7) is 1.54. The van der Waals surface area contributed by atoms with Crippen LogP contribution in [0.4, 0.5) is 36.4 Å². The second-order valence-electron chi connectivity index (χ2n) is 9.96. The van der Waals surface area contributed by atoms with Crippen LogP contribution in [-0.4, -0.2) is 27.8 Å². The standard InChI is InChI=1S/C25H20F7NO5/c1-10-4-15-20(16-9-19(38-23(10,16)37)11-2-3-18(34)17(26)5-11)22(36)33(21(15)35)14-7-12(24(27,28)29)6-13(8-14)25(30,31)32/h2-3,5-8,10,15-16,19-20,34,37H,4,9H2,1H3/t10-,15-,16-,19-,20-,23+/m0/s1. The Morgan fingerprint density at radius 3 is 2.11 bits per heavy atom. The molecule has 0 spiro atoms. The zero-order valence-corrected chi connectivity index (χ0v) is 19.5. The fraction of sp³-hybridized carbons (Fsp3) is 0.440. The minimum absolute atomic E-state index is 0.0878. The van der Waals surface area contributed by atoms with Crippen LogP contribution in [0.1, 0.15) is 42.6 Å². The number of ether oxygens (including phenoxy) is 1. The topological polar surface area (TPSA) is 87.1 Å². The Morgan fingerprint density at radius 2 is 1.55 bits per heavy atom. The number of phenolic OH excluding ortho intramolecular Hbond substituents is 1. The Labute approximate surface area is 210 Å². The van der Waals surface area contributed by atoms with Crippen molar-refractivity contribution < 1.29 is 55.3 Å². The smallest absolute Gasteiger partial charge is 0.416 e. The highest BCUT2D eigenvalue weighted by molar-refractivity contribution is 6.22. The van der Waals surface area contributed by atoms with Crippen molar-refractivity contribution >= 4 is 17.5 Å². The van der Waals surface area contributed by atoms with E-state index in [1.54, 1.807) is 0 Å². The van der Waals surface area contributed by atoms with Gasteiger partial charge in [0.25, 0.3) is 0 Å². The lowest BCUT2D eigenvalue weighted by molar-refractivity contribution is -0.265. The highest BCUT2D eigenvalue weighted by atomic mass is 19.4. The second-order valence-corrected chi connectivity index (χ2v) is 9.96. The zero-order chi connectivity index (χ0) is 27.9. The van der Waals surface area contributed by atoms with Gasteiger partial charge in [0.2, 0.25) is 11.8 Å². The van der Waals surface area contributed by atoms with Crippen LogP contribution >= 0.6 is 0 Å². The first-order valence-corrected chi connectivity index (χ1v) is 11.6. The van der Waals surface area contributed by atoms with Gasteiger partial charge in [0.05, 0.1) is 34.8 Å². The number of aromatic hydroxyl groups is 1. The first kappa shape index (κ1) is 26.4. The molecule has 38 heavy (non-hydrogen) atoms. The van der Waals surface area contributed by atoms with Crippen LogP contribution in [0.15, 0.2) is 36.4 Å². The number of phenols is 1. The quantitative estimate of drug-likeness (QED) is 0.400. The third-order valence-electron chi connectivity index (χ3n) is 7.73. The lowest BCUT2D eigenvalue weighted by Crippen LogP contribution is -2.52. The molecule has 0 radical (unpaired) electrons. The highest BCUT2D eigenvalue weighted by Gasteiger charge is 2.66. The van der Waals surface area contributed by atoms with Gasteiger partial charge < -0.3 is 14.9 Å². The minimum Gasteiger partial charge on any atom is -0.505 e. The van der Waals surface area contributed by atoms with E-state index in [9.17, 15) is 50.5 Å². The maximum Gasteiger partial charge on any atom is 0.416 e. The van der Waals surface area contributed by atoms with Gasteiger partial charge in [0.15, 0.2) is 17.4 Å². The van der Waals surface area contributed by atoms with E-state index < -0.39 is 88.1 Å². The number of hydrogen-bond acceptors (Lipinski definition) is 5. The highest BCUT2D eigenvalue weighted by Crippen LogP contribution is 2.58. The molecule has 13 heteroatoms. The predicted octanol–water partition coefficient (Wildman–Crippen LogP) is 5.18. The number of rotatable bonds is 2. The monoisotopic (exact) mass is 547 g/mol. The fourth-order valence-corrected chi connectivity index (χ4v) is 5.90. The fourth-order valence-electron chi connectivity index (χ4n) is 5.90. The SMILES string of the molecule is C[C@H]1C[C@@H]2C(=O)N(c3cc(C(F)(F)F)cc(C(F)(F)F)c3)C(=O)[C@@H]2[C@@H]2C[C@@H](c3ccc(O)c(F)c3)O[C@]12O. The van der Waals surface area contributed by atoms with E-state index in [1.807, 2.05) is 0 Å². The van der Waals surface area contributed by atoms with E-state index in [2.05, 4.69) is 0 Å². The molecule has 6 atom stereocenters. The van der Waals surface area contributed by atoms with Gasteiger partial charge in [-0.05, 0) is 48.7 Å². The van der Waals surface area contributed by atoms with Crippen molar-refractivity contribution in [3.05, 3.63) is 58.9 Å². The van der Waals surface area contributed by atoms with Crippen molar-refractivity contribution in [1.29, 1.82) is 0 Å². The molecule has 2 saturated heterocycles. The summed E-state index contributed by atoms with van der Waals surface area (Å²) in [6, 6.07) is 3.92. The average Bonchev–Trinajstić information content (AvgIpc) is 3.29. The molecule has 1 saturated carbocycles. The van der Waals surface area contributed by atoms with E-state index in [0.29, 0.717) is 17.0 Å². The molecule has 2 aromatic rings. The van der Waals surface area contributed by atoms with E-state index in [0.717, 1.165) is 12.1 Å². The van der Waals surface area contributed by atoms with Gasteiger partial charge >= 0.3 is 12.4 Å². The number of carbonyl (C=O) groups is 2. The second kappa shape index (κ2) is 8.40. The van der Waals surface area contributed by atoms with Crippen LogP contribution in [0.5, 0.6) is 5.75 Å². The van der Waals surface area contributed by atoms with Crippen LogP contribution in [0.3, 0.4) is 0 Å². The molecule has 0 bridgehead atoms. The Balaban J connectivity index is 1.54. The molecule has 2 aromatic carbocycles. The summed E-state index contributed by atoms with van der Waals surface area (Å²) in [5.41, 5.74) is -4.00. The summed E-state index contributed by atoms with van der Waals surface area (Å²) in [5, 5.41) is 20.9. The molecule has 2 aliphatic heterocycles. The van der Waals surface area contributed by atoms with E-state index in [4.69, 9.17) is 4.74 Å². The summed E-state index contributed by atoms with van der Waals surface area (Å²) in [6.07, 6.45) is -11.5. The lowest BCUT2D eigenvalue weighted by Gasteiger charge is -2.43. The molecule has 6 nitrogen and oxygen atoms in total. The summed E-state index contributed by atoms with van der Waals surface area (Å²) >= 11 is 0. The zero-order valence-electron chi connectivity index (χ0n) is 19.5. The van der Waals surface area contributed by atoms with Crippen molar-refractivity contribution in [2.75, 3.05) is 4.90 Å². The summed E-state index contributed by atoms with van der Waals surface area (Å²) in [4.78, 5) is 27.1. The van der Waals surface area contributed by atoms with Crippen LogP contribution in [0, 0.1) is 29.5 Å². The van der Waals surface area contributed by atoms with Crippen molar-refractivity contribution in [2.45, 2.75) is 44.0 Å². The number of alkyl halides is 6. The Hall–Kier alpha value is -3.19. The van der Waals surface area contributed by atoms with Gasteiger partial charge in [-0.3, -0.25) is 14.5 Å². The number of fused-ring (bicyclic) bond motifs is 3. The average molecular weight is 547 g/mol. The number of aliphatic hydroxyl groups is 1. The van der Waals surface area contributed by atoms with Crippen LogP contribution < -0.4 is 4.90 Å². The largest absolute Gasteiger partial charge is 0.505 e. The van der Waals surface area contributed by atoms with Gasteiger partial charge in [0.1, 0.15) is 0 Å². The van der Waals surface area contributed by atoms with E-state index in [-0.39, 0.29) is 24.5 Å². The van der Waals surface area contributed by atoms with Gasteiger partial charge in [-0.15, -0.1) is 0 Å². The van der Waals surface area contributed by atoms with Gasteiger partial charge in [0, 0.05) is 11.8 Å². The number of carbonyl (C=O) groups excluding carboxylic acids is 2. The van der Waals surface area contributed by atoms with Crippen LogP contribution in [0.2, 0.25) is 0 Å². The maximum atomic E-state index is 13.9. The van der Waals surface area contributed by atoms with E-state index >= 15 is 0 Å². The molecule has 1 aliphatic carbocycles. The molecule has 204 valence electrons. The Kier molecular flexibility index (Phi) is 5.84. The molecule has 2 amide bonds. The van der Waals surface area contributed by atoms with E-state index in [1.165, 1.54) is 13.0 Å². The number of amides is 2. The van der Waals surface area contributed by atoms with Gasteiger partial charge in [-0.2, -0.15) is 26.3 Å². The maximum absolute atomic E-state index is 13.9. The summed E-state index contributed by atoms with van der Waals surface area (Å²) in [5.74, 6) is -9.81. The molecule has 3 aliphatic rings. The normalized spacial score (nSPS) is 31.5.